The van der Waals surface area contributed by atoms with Crippen LogP contribution in [0, 0.1) is 11.7 Å². The molecule has 1 aromatic carbocycles. The molecule has 2 aliphatic rings. The van der Waals surface area contributed by atoms with Gasteiger partial charge >= 0.3 is 6.09 Å². The summed E-state index contributed by atoms with van der Waals surface area (Å²) in [5.74, 6) is -0.137. The third-order valence-electron chi connectivity index (χ3n) is 6.36. The lowest BCUT2D eigenvalue weighted by atomic mass is 9.85. The Labute approximate surface area is 196 Å². The van der Waals surface area contributed by atoms with E-state index < -0.39 is 11.4 Å². The first kappa shape index (κ1) is 25.3. The number of piperazine rings is 1. The summed E-state index contributed by atoms with van der Waals surface area (Å²) in [6, 6.07) is 4.91. The lowest BCUT2D eigenvalue weighted by molar-refractivity contribution is 0.00651. The van der Waals surface area contributed by atoms with Gasteiger partial charge < -0.3 is 19.3 Å². The molecule has 2 fully saturated rings. The first-order valence-corrected chi connectivity index (χ1v) is 11.9. The van der Waals surface area contributed by atoms with Crippen molar-refractivity contribution in [1.29, 1.82) is 0 Å². The summed E-state index contributed by atoms with van der Waals surface area (Å²) in [4.78, 5) is 29.9. The number of benzene rings is 1. The Morgan fingerprint density at radius 1 is 1.06 bits per heavy atom. The number of hydrogen-bond donors (Lipinski definition) is 0. The van der Waals surface area contributed by atoms with E-state index in [0.29, 0.717) is 37.2 Å². The molecular formula is C25H38FN3O4. The average Bonchev–Trinajstić information content (AvgIpc) is 2.77. The van der Waals surface area contributed by atoms with Crippen LogP contribution in [0.3, 0.4) is 0 Å². The van der Waals surface area contributed by atoms with Gasteiger partial charge in [0, 0.05) is 51.9 Å². The van der Waals surface area contributed by atoms with Gasteiger partial charge in [-0.15, -0.1) is 0 Å². The number of carbonyl (C=O) groups is 2. The highest BCUT2D eigenvalue weighted by atomic mass is 19.1. The Kier molecular flexibility index (Phi) is 8.21. The van der Waals surface area contributed by atoms with Crippen LogP contribution >= 0.6 is 0 Å². The van der Waals surface area contributed by atoms with E-state index in [1.807, 2.05) is 20.8 Å². The van der Waals surface area contributed by atoms with Crippen LogP contribution in [0.1, 0.15) is 56.8 Å². The van der Waals surface area contributed by atoms with Crippen molar-refractivity contribution in [3.05, 3.63) is 29.6 Å². The molecule has 2 amide bonds. The maximum Gasteiger partial charge on any atom is 0.410 e. The molecule has 7 nitrogen and oxygen atoms in total. The van der Waals surface area contributed by atoms with E-state index in [0.717, 1.165) is 38.8 Å². The summed E-state index contributed by atoms with van der Waals surface area (Å²) < 4.78 is 25.6. The zero-order valence-electron chi connectivity index (χ0n) is 20.6. The normalized spacial score (nSPS) is 22.1. The van der Waals surface area contributed by atoms with E-state index in [9.17, 15) is 14.0 Å². The van der Waals surface area contributed by atoms with E-state index in [2.05, 4.69) is 4.90 Å². The van der Waals surface area contributed by atoms with Crippen molar-refractivity contribution in [1.82, 2.24) is 14.7 Å². The molecule has 0 radical (unpaired) electrons. The number of hydrogen-bond acceptors (Lipinski definition) is 5. The van der Waals surface area contributed by atoms with E-state index in [1.54, 1.807) is 31.1 Å². The number of halogens is 1. The quantitative estimate of drug-likeness (QED) is 0.660. The van der Waals surface area contributed by atoms with Gasteiger partial charge in [-0.2, -0.15) is 0 Å². The average molecular weight is 464 g/mol. The van der Waals surface area contributed by atoms with E-state index in [1.165, 1.54) is 11.0 Å². The second-order valence-corrected chi connectivity index (χ2v) is 10.3. The smallest absolute Gasteiger partial charge is 0.410 e. The summed E-state index contributed by atoms with van der Waals surface area (Å²) >= 11 is 0. The maximum absolute atomic E-state index is 14.4. The van der Waals surface area contributed by atoms with Crippen LogP contribution in [-0.2, 0) is 4.74 Å². The van der Waals surface area contributed by atoms with Gasteiger partial charge in [-0.1, -0.05) is 0 Å². The van der Waals surface area contributed by atoms with E-state index >= 15 is 0 Å². The zero-order valence-corrected chi connectivity index (χ0v) is 20.6. The number of nitrogens with zero attached hydrogens (tertiary/aromatic N) is 3. The molecule has 1 aliphatic carbocycles. The maximum atomic E-state index is 14.4. The van der Waals surface area contributed by atoms with E-state index in [-0.39, 0.29) is 17.7 Å². The summed E-state index contributed by atoms with van der Waals surface area (Å²) in [5.41, 5.74) is -0.152. The molecule has 3 rings (SSSR count). The lowest BCUT2D eigenvalue weighted by Gasteiger charge is -2.42. The molecule has 0 unspecified atom stereocenters. The number of rotatable bonds is 5. The Hall–Kier alpha value is -2.35. The second kappa shape index (κ2) is 10.7. The summed E-state index contributed by atoms with van der Waals surface area (Å²) in [5, 5.41) is 0. The van der Waals surface area contributed by atoms with Crippen LogP contribution in [0.2, 0.25) is 0 Å². The van der Waals surface area contributed by atoms with Crippen molar-refractivity contribution < 1.29 is 23.5 Å². The minimum atomic E-state index is -0.501. The molecule has 1 aliphatic heterocycles. The first-order valence-electron chi connectivity index (χ1n) is 11.9. The van der Waals surface area contributed by atoms with Gasteiger partial charge in [0.2, 0.25) is 0 Å². The molecular weight excluding hydrogens is 425 g/mol. The van der Waals surface area contributed by atoms with Gasteiger partial charge in [-0.05, 0) is 70.6 Å². The largest absolute Gasteiger partial charge is 0.490 e. The van der Waals surface area contributed by atoms with Crippen LogP contribution in [-0.4, -0.2) is 85.2 Å². The molecule has 0 aromatic heterocycles. The fourth-order valence-corrected chi connectivity index (χ4v) is 4.49. The third kappa shape index (κ3) is 7.06. The molecule has 184 valence electrons. The molecule has 0 N–H and O–H groups in total. The van der Waals surface area contributed by atoms with Crippen LogP contribution in [0.4, 0.5) is 9.18 Å². The Balaban J connectivity index is 1.40. The third-order valence-corrected chi connectivity index (χ3v) is 6.36. The van der Waals surface area contributed by atoms with Crippen LogP contribution < -0.4 is 4.74 Å². The molecule has 1 heterocycles. The fourth-order valence-electron chi connectivity index (χ4n) is 4.49. The Bertz CT molecular complexity index is 823. The van der Waals surface area contributed by atoms with E-state index in [4.69, 9.17) is 9.47 Å². The standard InChI is InChI=1S/C25H38FN3O4/c1-25(2,3)33-24(31)29-14-12-28(13-15-29)20-9-6-18(7-10-20)17-32-22-11-8-19(16-21(22)26)23(30)27(4)5/h8,11,16,18,20H,6-7,9-10,12-15,17H2,1-5H3/t18-,20-. The number of ether oxygens (including phenoxy) is 2. The topological polar surface area (TPSA) is 62.3 Å². The molecule has 1 saturated carbocycles. The van der Waals surface area contributed by atoms with Crippen molar-refractivity contribution in [2.24, 2.45) is 5.92 Å². The monoisotopic (exact) mass is 463 g/mol. The van der Waals surface area contributed by atoms with Crippen molar-refractivity contribution in [2.45, 2.75) is 58.1 Å². The summed E-state index contributed by atoms with van der Waals surface area (Å²) in [7, 11) is 3.28. The summed E-state index contributed by atoms with van der Waals surface area (Å²) in [6.45, 7) is 9.28. The number of amides is 2. The van der Waals surface area contributed by atoms with Gasteiger partial charge in [-0.25, -0.2) is 9.18 Å². The second-order valence-electron chi connectivity index (χ2n) is 10.3. The van der Waals surface area contributed by atoms with Gasteiger partial charge in [0.05, 0.1) is 6.61 Å². The minimum absolute atomic E-state index is 0.200. The van der Waals surface area contributed by atoms with Gasteiger partial charge in [0.15, 0.2) is 11.6 Å². The van der Waals surface area contributed by atoms with Gasteiger partial charge in [0.1, 0.15) is 5.60 Å². The molecule has 8 heteroatoms. The Morgan fingerprint density at radius 3 is 2.24 bits per heavy atom. The summed E-state index contributed by atoms with van der Waals surface area (Å²) in [6.07, 6.45) is 4.01. The van der Waals surface area contributed by atoms with Crippen molar-refractivity contribution >= 4 is 12.0 Å². The molecule has 0 atom stereocenters. The number of carbonyl (C=O) groups excluding carboxylic acids is 2. The highest BCUT2D eigenvalue weighted by Crippen LogP contribution is 2.30. The van der Waals surface area contributed by atoms with Crippen LogP contribution in [0.15, 0.2) is 18.2 Å². The van der Waals surface area contributed by atoms with Crippen molar-refractivity contribution in [3.8, 4) is 5.75 Å². The fraction of sp³-hybridized carbons (Fsp3) is 0.680. The molecule has 33 heavy (non-hydrogen) atoms. The van der Waals surface area contributed by atoms with Gasteiger partial charge in [-0.3, -0.25) is 9.69 Å². The predicted octanol–water partition coefficient (Wildman–Crippen LogP) is 4.02. The van der Waals surface area contributed by atoms with Crippen molar-refractivity contribution in [3.63, 3.8) is 0 Å². The first-order chi connectivity index (χ1) is 15.5. The minimum Gasteiger partial charge on any atom is -0.490 e. The molecule has 1 saturated heterocycles. The Morgan fingerprint density at radius 2 is 1.70 bits per heavy atom. The highest BCUT2D eigenvalue weighted by Gasteiger charge is 2.31. The highest BCUT2D eigenvalue weighted by molar-refractivity contribution is 5.94. The predicted molar refractivity (Wildman–Crippen MR) is 125 cm³/mol. The zero-order chi connectivity index (χ0) is 24.2. The van der Waals surface area contributed by atoms with Crippen LogP contribution in [0.25, 0.3) is 0 Å². The molecule has 0 spiro atoms. The SMILES string of the molecule is CN(C)C(=O)c1ccc(OC[C@H]2CC[C@H](N3CCN(C(=O)OC(C)(C)C)CC3)CC2)c(F)c1. The molecule has 1 aromatic rings. The van der Waals surface area contributed by atoms with Crippen LogP contribution in [0.5, 0.6) is 5.75 Å². The lowest BCUT2D eigenvalue weighted by Crippen LogP contribution is -2.53. The molecule has 0 bridgehead atoms. The van der Waals surface area contributed by atoms with Gasteiger partial charge in [0.25, 0.3) is 5.91 Å². The van der Waals surface area contributed by atoms with Crippen molar-refractivity contribution in [2.75, 3.05) is 46.9 Å².